The molecule has 0 saturated carbocycles. The van der Waals surface area contributed by atoms with Crippen molar-refractivity contribution < 1.29 is 19.0 Å². The van der Waals surface area contributed by atoms with Crippen LogP contribution in [0.2, 0.25) is 0 Å². The minimum Gasteiger partial charge on any atom is -0.496 e. The summed E-state index contributed by atoms with van der Waals surface area (Å²) in [7, 11) is 1.42. The lowest BCUT2D eigenvalue weighted by Gasteiger charge is -2.20. The molecule has 11 heteroatoms. The van der Waals surface area contributed by atoms with Gasteiger partial charge in [0, 0.05) is 42.7 Å². The first-order valence-electron chi connectivity index (χ1n) is 11.2. The van der Waals surface area contributed by atoms with Gasteiger partial charge in [0.2, 0.25) is 5.91 Å². The molecule has 0 spiro atoms. The van der Waals surface area contributed by atoms with E-state index in [1.807, 2.05) is 30.5 Å². The zero-order valence-electron chi connectivity index (χ0n) is 19.9. The van der Waals surface area contributed by atoms with E-state index in [9.17, 15) is 14.4 Å². The quantitative estimate of drug-likeness (QED) is 0.491. The number of nitrogens with zero attached hydrogens (tertiary/aromatic N) is 4. The van der Waals surface area contributed by atoms with E-state index >= 15 is 0 Å². The van der Waals surface area contributed by atoms with Crippen LogP contribution in [0.25, 0.3) is 0 Å². The summed E-state index contributed by atoms with van der Waals surface area (Å²) in [4.78, 5) is 41.9. The number of aromatic nitrogens is 3. The average molecular weight is 498 g/mol. The number of methoxy groups -OCH3 is 1. The fourth-order valence-corrected chi connectivity index (χ4v) is 4.50. The molecular formula is C24H27N5O5S. The number of carbonyl (C=O) groups is 2. The number of pyridine rings is 1. The Morgan fingerprint density at radius 2 is 1.94 bits per heavy atom. The van der Waals surface area contributed by atoms with Crippen molar-refractivity contribution in [2.24, 2.45) is 0 Å². The zero-order chi connectivity index (χ0) is 24.9. The number of carbonyl (C=O) groups excluding carboxylic acids is 2. The highest BCUT2D eigenvalue weighted by molar-refractivity contribution is 7.98. The van der Waals surface area contributed by atoms with E-state index in [0.717, 1.165) is 10.5 Å². The first kappa shape index (κ1) is 24.5. The van der Waals surface area contributed by atoms with Gasteiger partial charge < -0.3 is 19.5 Å². The van der Waals surface area contributed by atoms with Crippen LogP contribution in [0.4, 0.5) is 0 Å². The van der Waals surface area contributed by atoms with Crippen LogP contribution in [-0.4, -0.2) is 58.0 Å². The highest BCUT2D eigenvalue weighted by atomic mass is 32.2. The number of rotatable bonds is 7. The summed E-state index contributed by atoms with van der Waals surface area (Å²) in [6.45, 7) is 2.92. The number of ether oxygens (including phenoxy) is 1. The maximum atomic E-state index is 13.2. The van der Waals surface area contributed by atoms with Crippen LogP contribution >= 0.6 is 11.8 Å². The third-order valence-electron chi connectivity index (χ3n) is 6.07. The van der Waals surface area contributed by atoms with Gasteiger partial charge in [-0.15, -0.1) is 11.8 Å². The molecule has 4 rings (SSSR count). The van der Waals surface area contributed by atoms with Gasteiger partial charge in [-0.25, -0.2) is 4.63 Å². The molecule has 2 amide bonds. The fourth-order valence-electron chi connectivity index (χ4n) is 4.10. The van der Waals surface area contributed by atoms with Gasteiger partial charge in [-0.2, -0.15) is 0 Å². The summed E-state index contributed by atoms with van der Waals surface area (Å²) in [6.07, 6.45) is 2.63. The van der Waals surface area contributed by atoms with Crippen LogP contribution in [0.1, 0.15) is 33.0 Å². The summed E-state index contributed by atoms with van der Waals surface area (Å²) in [6, 6.07) is 9.23. The second-order valence-electron chi connectivity index (χ2n) is 8.16. The standard InChI is InChI=1S/C24H27N5O5S/c1-15-18(27-34-26-15)14-25-24(32)23-19-8-9-28(10-11-29(19)22(31)13-20(23)33-2)21(30)12-16-4-6-17(35-3)7-5-16/h4-7,13H,8-12,14H2,1-3H3,(H,25,32). The SMILES string of the molecule is COc1cc(=O)n2c(c1C(=O)NCc1nonc1C)CCN(C(=O)Cc1ccc(SC)cc1)CC2. The Kier molecular flexibility index (Phi) is 7.54. The van der Waals surface area contributed by atoms with Crippen LogP contribution in [-0.2, 0) is 30.7 Å². The molecule has 0 aliphatic carbocycles. The highest BCUT2D eigenvalue weighted by Gasteiger charge is 2.27. The smallest absolute Gasteiger partial charge is 0.257 e. The average Bonchev–Trinajstić information content (AvgIpc) is 3.14. The molecule has 0 unspecified atom stereocenters. The Morgan fingerprint density at radius 3 is 2.60 bits per heavy atom. The topological polar surface area (TPSA) is 120 Å². The molecule has 184 valence electrons. The molecule has 1 aliphatic heterocycles. The van der Waals surface area contributed by atoms with Crippen LogP contribution in [0.15, 0.2) is 44.7 Å². The third kappa shape index (κ3) is 5.40. The first-order chi connectivity index (χ1) is 16.9. The van der Waals surface area contributed by atoms with Crippen molar-refractivity contribution in [3.63, 3.8) is 0 Å². The predicted octanol–water partition coefficient (Wildman–Crippen LogP) is 1.83. The lowest BCUT2D eigenvalue weighted by molar-refractivity contribution is -0.130. The number of nitrogens with one attached hydrogen (secondary N) is 1. The maximum absolute atomic E-state index is 13.2. The summed E-state index contributed by atoms with van der Waals surface area (Å²) in [5.74, 6) is -0.223. The van der Waals surface area contributed by atoms with Gasteiger partial charge in [0.25, 0.3) is 11.5 Å². The van der Waals surface area contributed by atoms with Gasteiger partial charge in [-0.1, -0.05) is 22.4 Å². The molecule has 0 saturated heterocycles. The summed E-state index contributed by atoms with van der Waals surface area (Å²) < 4.78 is 11.6. The number of amides is 2. The molecule has 3 heterocycles. The lowest BCUT2D eigenvalue weighted by atomic mass is 10.1. The Labute approximate surface area is 206 Å². The van der Waals surface area contributed by atoms with Crippen molar-refractivity contribution in [2.45, 2.75) is 37.8 Å². The number of hydrogen-bond acceptors (Lipinski definition) is 8. The van der Waals surface area contributed by atoms with Crippen molar-refractivity contribution in [3.8, 4) is 5.75 Å². The third-order valence-corrected chi connectivity index (χ3v) is 6.81. The van der Waals surface area contributed by atoms with Crippen LogP contribution < -0.4 is 15.6 Å². The molecule has 2 aromatic heterocycles. The molecule has 1 aromatic carbocycles. The fraction of sp³-hybridized carbons (Fsp3) is 0.375. The molecule has 0 fully saturated rings. The Bertz CT molecular complexity index is 1280. The predicted molar refractivity (Wildman–Crippen MR) is 130 cm³/mol. The van der Waals surface area contributed by atoms with Gasteiger partial charge in [-0.3, -0.25) is 14.4 Å². The lowest BCUT2D eigenvalue weighted by Crippen LogP contribution is -2.35. The highest BCUT2D eigenvalue weighted by Crippen LogP contribution is 2.23. The number of thioether (sulfide) groups is 1. The number of fused-ring (bicyclic) bond motifs is 1. The van der Waals surface area contributed by atoms with E-state index in [1.165, 1.54) is 13.2 Å². The molecule has 1 aliphatic rings. The van der Waals surface area contributed by atoms with Crippen molar-refractivity contribution >= 4 is 23.6 Å². The van der Waals surface area contributed by atoms with Gasteiger partial charge in [0.15, 0.2) is 0 Å². The summed E-state index contributed by atoms with van der Waals surface area (Å²) in [5.41, 5.74) is 2.58. The van der Waals surface area contributed by atoms with Gasteiger partial charge in [-0.05, 0) is 30.9 Å². The van der Waals surface area contributed by atoms with Crippen molar-refractivity contribution in [1.82, 2.24) is 25.1 Å². The van der Waals surface area contributed by atoms with Crippen molar-refractivity contribution in [3.05, 3.63) is 68.9 Å². The maximum Gasteiger partial charge on any atom is 0.257 e. The second kappa shape index (κ2) is 10.8. The van der Waals surface area contributed by atoms with E-state index in [1.54, 1.807) is 28.2 Å². The van der Waals surface area contributed by atoms with E-state index < -0.39 is 5.91 Å². The van der Waals surface area contributed by atoms with Crippen LogP contribution in [0, 0.1) is 6.92 Å². The molecule has 0 bridgehead atoms. The molecule has 0 atom stereocenters. The number of aryl methyl sites for hydroxylation is 1. The van der Waals surface area contributed by atoms with Crippen LogP contribution in [0.3, 0.4) is 0 Å². The van der Waals surface area contributed by atoms with E-state index in [0.29, 0.717) is 43.1 Å². The number of hydrogen-bond donors (Lipinski definition) is 1. The molecular weight excluding hydrogens is 470 g/mol. The molecule has 1 N–H and O–H groups in total. The summed E-state index contributed by atoms with van der Waals surface area (Å²) >= 11 is 1.65. The Morgan fingerprint density at radius 1 is 1.17 bits per heavy atom. The molecule has 35 heavy (non-hydrogen) atoms. The Hall–Kier alpha value is -3.60. The summed E-state index contributed by atoms with van der Waals surface area (Å²) in [5, 5.41) is 10.3. The van der Waals surface area contributed by atoms with Crippen molar-refractivity contribution in [2.75, 3.05) is 26.5 Å². The van der Waals surface area contributed by atoms with Gasteiger partial charge in [0.05, 0.1) is 20.1 Å². The molecule has 0 radical (unpaired) electrons. The number of benzene rings is 1. The largest absolute Gasteiger partial charge is 0.496 e. The van der Waals surface area contributed by atoms with Gasteiger partial charge >= 0.3 is 0 Å². The minimum atomic E-state index is -0.401. The molecule has 3 aromatic rings. The monoisotopic (exact) mass is 497 g/mol. The second-order valence-corrected chi connectivity index (χ2v) is 9.04. The first-order valence-corrected chi connectivity index (χ1v) is 12.4. The Balaban J connectivity index is 1.53. The molecule has 10 nitrogen and oxygen atoms in total. The van der Waals surface area contributed by atoms with Gasteiger partial charge in [0.1, 0.15) is 22.7 Å². The van der Waals surface area contributed by atoms with Crippen molar-refractivity contribution in [1.29, 1.82) is 0 Å². The normalized spacial score (nSPS) is 13.2. The zero-order valence-corrected chi connectivity index (χ0v) is 20.7. The minimum absolute atomic E-state index is 0.0188. The van der Waals surface area contributed by atoms with E-state index in [4.69, 9.17) is 4.74 Å². The van der Waals surface area contributed by atoms with E-state index in [2.05, 4.69) is 20.3 Å². The van der Waals surface area contributed by atoms with E-state index in [-0.39, 0.29) is 35.7 Å². The van der Waals surface area contributed by atoms with Crippen LogP contribution in [0.5, 0.6) is 5.75 Å².